The highest BCUT2D eigenvalue weighted by atomic mass is 16.5. The van der Waals surface area contributed by atoms with E-state index in [-0.39, 0.29) is 23.1 Å². The maximum absolute atomic E-state index is 13.0. The van der Waals surface area contributed by atoms with E-state index in [1.54, 1.807) is 128 Å². The molecule has 10 heteroatoms. The third kappa shape index (κ3) is 16.1. The van der Waals surface area contributed by atoms with E-state index in [0.717, 1.165) is 36.8 Å². The SMILES string of the molecule is CCCCCCCCOC(=O)c1ccc(C=Nc2ccc(OC(=O)c3cccc(C(=O)Oc4ccc(N=Cc5ccc(C(=O)OCCCCCCCC)cc5)cc4)c3)cc2)cc1. The Balaban J connectivity index is 1.04. The predicted octanol–water partition coefficient (Wildman–Crippen LogP) is 12.7. The fraction of sp³-hybridized carbons (Fsp3) is 0.308. The van der Waals surface area contributed by atoms with Crippen LogP contribution in [0.25, 0.3) is 0 Å². The van der Waals surface area contributed by atoms with E-state index < -0.39 is 11.9 Å². The number of hydrogen-bond acceptors (Lipinski definition) is 10. The van der Waals surface area contributed by atoms with Crippen LogP contribution in [0.4, 0.5) is 11.4 Å². The number of nitrogens with zero attached hydrogens (tertiary/aromatic N) is 2. The molecule has 5 aromatic carbocycles. The number of aliphatic imine (C=N–C) groups is 2. The Bertz CT molecular complexity index is 2070. The molecule has 0 spiro atoms. The van der Waals surface area contributed by atoms with Crippen LogP contribution in [0, 0.1) is 0 Å². The van der Waals surface area contributed by atoms with Crippen LogP contribution < -0.4 is 9.47 Å². The van der Waals surface area contributed by atoms with Crippen molar-refractivity contribution in [2.45, 2.75) is 90.9 Å². The van der Waals surface area contributed by atoms with Crippen LogP contribution >= 0.6 is 0 Å². The number of carbonyl (C=O) groups excluding carboxylic acids is 4. The summed E-state index contributed by atoms with van der Waals surface area (Å²) in [6.45, 7) is 5.23. The summed E-state index contributed by atoms with van der Waals surface area (Å²) in [7, 11) is 0. The molecule has 0 N–H and O–H groups in total. The first-order valence-electron chi connectivity index (χ1n) is 21.7. The molecular formula is C52H56N2O8. The third-order valence-corrected chi connectivity index (χ3v) is 9.91. The Labute approximate surface area is 365 Å². The van der Waals surface area contributed by atoms with Gasteiger partial charge in [-0.25, -0.2) is 19.2 Å². The molecule has 62 heavy (non-hydrogen) atoms. The first kappa shape index (κ1) is 46.4. The van der Waals surface area contributed by atoms with E-state index in [9.17, 15) is 19.2 Å². The van der Waals surface area contributed by atoms with Gasteiger partial charge in [-0.15, -0.1) is 0 Å². The first-order chi connectivity index (χ1) is 30.3. The molecule has 0 bridgehead atoms. The highest BCUT2D eigenvalue weighted by molar-refractivity contribution is 5.97. The van der Waals surface area contributed by atoms with Gasteiger partial charge in [0.25, 0.3) is 0 Å². The van der Waals surface area contributed by atoms with E-state index in [2.05, 4.69) is 23.8 Å². The minimum Gasteiger partial charge on any atom is -0.462 e. The Morgan fingerprint density at radius 3 is 1.18 bits per heavy atom. The summed E-state index contributed by atoms with van der Waals surface area (Å²) >= 11 is 0. The molecule has 0 unspecified atom stereocenters. The normalized spacial score (nSPS) is 11.1. The zero-order valence-electron chi connectivity index (χ0n) is 35.8. The molecule has 0 fully saturated rings. The zero-order chi connectivity index (χ0) is 43.8. The number of unbranched alkanes of at least 4 members (excludes halogenated alkanes) is 10. The molecule has 0 saturated heterocycles. The minimum absolute atomic E-state index is 0.180. The molecule has 0 aliphatic carbocycles. The molecule has 0 saturated carbocycles. The van der Waals surface area contributed by atoms with Crippen LogP contribution in [0.3, 0.4) is 0 Å². The van der Waals surface area contributed by atoms with Crippen LogP contribution in [0.5, 0.6) is 11.5 Å². The first-order valence-corrected chi connectivity index (χ1v) is 21.7. The zero-order valence-corrected chi connectivity index (χ0v) is 35.8. The van der Waals surface area contributed by atoms with Gasteiger partial charge < -0.3 is 18.9 Å². The van der Waals surface area contributed by atoms with Crippen molar-refractivity contribution in [1.29, 1.82) is 0 Å². The number of benzene rings is 5. The number of rotatable bonds is 24. The smallest absolute Gasteiger partial charge is 0.343 e. The highest BCUT2D eigenvalue weighted by Gasteiger charge is 2.15. The molecule has 5 rings (SSSR count). The van der Waals surface area contributed by atoms with E-state index in [4.69, 9.17) is 18.9 Å². The lowest BCUT2D eigenvalue weighted by Crippen LogP contribution is -2.12. The summed E-state index contributed by atoms with van der Waals surface area (Å²) in [5.41, 5.74) is 4.25. The third-order valence-electron chi connectivity index (χ3n) is 9.91. The summed E-state index contributed by atoms with van der Waals surface area (Å²) in [5, 5.41) is 0. The van der Waals surface area contributed by atoms with Crippen molar-refractivity contribution in [2.24, 2.45) is 9.98 Å². The number of esters is 4. The van der Waals surface area contributed by atoms with Crippen molar-refractivity contribution in [1.82, 2.24) is 0 Å². The summed E-state index contributed by atoms with van der Waals surface area (Å²) in [6.07, 6.45) is 16.9. The minimum atomic E-state index is -0.637. The Morgan fingerprint density at radius 2 is 0.790 bits per heavy atom. The average molecular weight is 837 g/mol. The van der Waals surface area contributed by atoms with Crippen molar-refractivity contribution in [2.75, 3.05) is 13.2 Å². The fourth-order valence-electron chi connectivity index (χ4n) is 6.28. The Morgan fingerprint density at radius 1 is 0.419 bits per heavy atom. The van der Waals surface area contributed by atoms with E-state index in [0.29, 0.717) is 47.2 Å². The van der Waals surface area contributed by atoms with Crippen molar-refractivity contribution in [3.05, 3.63) is 155 Å². The lowest BCUT2D eigenvalue weighted by atomic mass is 10.1. The lowest BCUT2D eigenvalue weighted by molar-refractivity contribution is 0.0488. The van der Waals surface area contributed by atoms with Crippen molar-refractivity contribution < 1.29 is 38.1 Å². The van der Waals surface area contributed by atoms with Crippen LogP contribution in [0.15, 0.2) is 131 Å². The van der Waals surface area contributed by atoms with Gasteiger partial charge in [0.05, 0.1) is 46.8 Å². The van der Waals surface area contributed by atoms with Gasteiger partial charge in [-0.3, -0.25) is 9.98 Å². The Kier molecular flexibility index (Phi) is 19.3. The second-order valence-electron chi connectivity index (χ2n) is 14.9. The lowest BCUT2D eigenvalue weighted by Gasteiger charge is -2.07. The molecule has 0 aliphatic rings. The van der Waals surface area contributed by atoms with Crippen molar-refractivity contribution in [3.8, 4) is 11.5 Å². The quantitative estimate of drug-likeness (QED) is 0.0260. The molecule has 0 amide bonds. The molecule has 0 atom stereocenters. The molecule has 322 valence electrons. The van der Waals surface area contributed by atoms with Gasteiger partial charge in [0.15, 0.2) is 0 Å². The van der Waals surface area contributed by atoms with Crippen LogP contribution in [0.1, 0.15) is 143 Å². The van der Waals surface area contributed by atoms with E-state index in [1.807, 2.05) is 0 Å². The highest BCUT2D eigenvalue weighted by Crippen LogP contribution is 2.22. The van der Waals surface area contributed by atoms with Gasteiger partial charge in [0.1, 0.15) is 11.5 Å². The number of ether oxygens (including phenoxy) is 4. The van der Waals surface area contributed by atoms with E-state index >= 15 is 0 Å². The summed E-state index contributed by atoms with van der Waals surface area (Å²) in [6, 6.07) is 33.6. The largest absolute Gasteiger partial charge is 0.462 e. The molecule has 0 radical (unpaired) electrons. The van der Waals surface area contributed by atoms with Gasteiger partial charge >= 0.3 is 23.9 Å². The van der Waals surface area contributed by atoms with Gasteiger partial charge in [-0.1, -0.05) is 108 Å². The van der Waals surface area contributed by atoms with Crippen molar-refractivity contribution >= 4 is 47.7 Å². The topological polar surface area (TPSA) is 130 Å². The van der Waals surface area contributed by atoms with E-state index in [1.165, 1.54) is 57.4 Å². The van der Waals surface area contributed by atoms with Gasteiger partial charge in [0.2, 0.25) is 0 Å². The summed E-state index contributed by atoms with van der Waals surface area (Å²) in [5.74, 6) is -1.32. The van der Waals surface area contributed by atoms with Crippen LogP contribution in [0.2, 0.25) is 0 Å². The second kappa shape index (κ2) is 25.8. The average Bonchev–Trinajstić information content (AvgIpc) is 3.30. The molecule has 0 aromatic heterocycles. The molecule has 10 nitrogen and oxygen atoms in total. The Hall–Kier alpha value is -6.68. The second-order valence-corrected chi connectivity index (χ2v) is 14.9. The maximum Gasteiger partial charge on any atom is 0.343 e. The van der Waals surface area contributed by atoms with Gasteiger partial charge in [0, 0.05) is 12.4 Å². The number of hydrogen-bond donors (Lipinski definition) is 0. The summed E-state index contributed by atoms with van der Waals surface area (Å²) in [4.78, 5) is 59.7. The monoisotopic (exact) mass is 836 g/mol. The van der Waals surface area contributed by atoms with Crippen molar-refractivity contribution in [3.63, 3.8) is 0 Å². The maximum atomic E-state index is 13.0. The fourth-order valence-corrected chi connectivity index (χ4v) is 6.28. The predicted molar refractivity (Wildman–Crippen MR) is 244 cm³/mol. The molecular weight excluding hydrogens is 781 g/mol. The van der Waals surface area contributed by atoms with Gasteiger partial charge in [-0.05, 0) is 115 Å². The summed E-state index contributed by atoms with van der Waals surface area (Å²) < 4.78 is 21.9. The van der Waals surface area contributed by atoms with Crippen LogP contribution in [-0.2, 0) is 9.47 Å². The van der Waals surface area contributed by atoms with Crippen LogP contribution in [-0.4, -0.2) is 49.5 Å². The molecule has 5 aromatic rings. The number of carbonyl (C=O) groups is 4. The molecule has 0 heterocycles. The standard InChI is InChI=1S/C52H56N2O8/c1-3-5-7-9-11-13-34-59-49(55)41-22-18-39(19-23-41)37-53-45-26-30-47(31-27-45)61-51(57)43-16-15-17-44(36-43)52(58)62-48-32-28-46(29-33-48)54-38-40-20-24-42(25-21-40)50(56)60-35-14-12-10-8-6-4-2/h15-33,36-38H,3-14,34-35H2,1-2H3. The van der Waals surface area contributed by atoms with Gasteiger partial charge in [-0.2, -0.15) is 0 Å². The molecule has 0 aliphatic heterocycles.